The Bertz CT molecular complexity index is 467. The number of carboxylic acid groups (broad SMARTS) is 1. The monoisotopic (exact) mass is 303 g/mol. The first-order valence-electron chi connectivity index (χ1n) is 6.09. The van der Waals surface area contributed by atoms with Crippen LogP contribution in [0.1, 0.15) is 6.42 Å². The number of nitrogens with zero attached hydrogens (tertiary/aromatic N) is 1. The van der Waals surface area contributed by atoms with E-state index in [2.05, 4.69) is 4.90 Å². The Balaban J connectivity index is 1.77. The average molecular weight is 304 g/mol. The lowest BCUT2D eigenvalue weighted by Gasteiger charge is -2.16. The molecule has 19 heavy (non-hydrogen) atoms. The minimum atomic E-state index is -0.718. The lowest BCUT2D eigenvalue weighted by molar-refractivity contribution is -0.141. The number of halogens is 2. The molecule has 1 aromatic carbocycles. The van der Waals surface area contributed by atoms with Crippen molar-refractivity contribution in [1.29, 1.82) is 0 Å². The van der Waals surface area contributed by atoms with E-state index < -0.39 is 5.97 Å². The van der Waals surface area contributed by atoms with Gasteiger partial charge in [-0.3, -0.25) is 9.69 Å². The molecule has 1 aromatic rings. The van der Waals surface area contributed by atoms with Crippen LogP contribution in [0.15, 0.2) is 18.2 Å². The summed E-state index contributed by atoms with van der Waals surface area (Å²) in [5.41, 5.74) is 0. The average Bonchev–Trinajstić information content (AvgIpc) is 2.81. The molecule has 1 atom stereocenters. The van der Waals surface area contributed by atoms with Crippen molar-refractivity contribution in [1.82, 2.24) is 4.90 Å². The molecule has 1 heterocycles. The highest BCUT2D eigenvalue weighted by molar-refractivity contribution is 6.35. The van der Waals surface area contributed by atoms with Gasteiger partial charge in [0.05, 0.1) is 10.9 Å². The zero-order valence-corrected chi connectivity index (χ0v) is 11.8. The number of hydrogen-bond acceptors (Lipinski definition) is 3. The molecular formula is C13H15Cl2NO3. The van der Waals surface area contributed by atoms with Gasteiger partial charge in [-0.05, 0) is 31.2 Å². The summed E-state index contributed by atoms with van der Waals surface area (Å²) < 4.78 is 5.57. The van der Waals surface area contributed by atoms with Crippen molar-refractivity contribution < 1.29 is 14.6 Å². The first-order valence-corrected chi connectivity index (χ1v) is 6.85. The molecular weight excluding hydrogens is 289 g/mol. The fourth-order valence-corrected chi connectivity index (χ4v) is 2.58. The fraction of sp³-hybridized carbons (Fsp3) is 0.462. The Hall–Kier alpha value is -0.970. The molecule has 1 N–H and O–H groups in total. The zero-order valence-electron chi connectivity index (χ0n) is 10.3. The molecule has 0 bridgehead atoms. The van der Waals surface area contributed by atoms with E-state index in [9.17, 15) is 4.79 Å². The van der Waals surface area contributed by atoms with E-state index in [0.717, 1.165) is 6.54 Å². The molecule has 0 aromatic heterocycles. The van der Waals surface area contributed by atoms with Crippen LogP contribution in [-0.4, -0.2) is 42.2 Å². The Morgan fingerprint density at radius 3 is 2.89 bits per heavy atom. The van der Waals surface area contributed by atoms with Crippen LogP contribution in [0.5, 0.6) is 5.75 Å². The van der Waals surface area contributed by atoms with E-state index >= 15 is 0 Å². The summed E-state index contributed by atoms with van der Waals surface area (Å²) in [6.45, 7) is 2.57. The Kier molecular flexibility index (Phi) is 4.91. The van der Waals surface area contributed by atoms with Gasteiger partial charge in [0.25, 0.3) is 0 Å². The first-order chi connectivity index (χ1) is 9.06. The second-order valence-corrected chi connectivity index (χ2v) is 5.39. The second kappa shape index (κ2) is 6.46. The van der Waals surface area contributed by atoms with Crippen LogP contribution in [0.2, 0.25) is 10.0 Å². The van der Waals surface area contributed by atoms with Crippen LogP contribution in [0.25, 0.3) is 0 Å². The number of carboxylic acids is 1. The Labute approximate surface area is 121 Å². The highest BCUT2D eigenvalue weighted by atomic mass is 35.5. The summed E-state index contributed by atoms with van der Waals surface area (Å²) in [5, 5.41) is 9.96. The SMILES string of the molecule is O=C(O)C1CCN(CCOc2ccc(Cl)cc2Cl)C1. The molecule has 1 fully saturated rings. The third-order valence-electron chi connectivity index (χ3n) is 3.18. The molecule has 1 unspecified atom stereocenters. The third-order valence-corrected chi connectivity index (χ3v) is 3.71. The summed E-state index contributed by atoms with van der Waals surface area (Å²) in [4.78, 5) is 12.9. The van der Waals surface area contributed by atoms with Crippen LogP contribution in [0.4, 0.5) is 0 Å². The number of hydrogen-bond donors (Lipinski definition) is 1. The van der Waals surface area contributed by atoms with Gasteiger partial charge in [-0.2, -0.15) is 0 Å². The number of aliphatic carboxylic acids is 1. The highest BCUT2D eigenvalue weighted by Crippen LogP contribution is 2.27. The summed E-state index contributed by atoms with van der Waals surface area (Å²) in [6, 6.07) is 5.09. The largest absolute Gasteiger partial charge is 0.491 e. The molecule has 6 heteroatoms. The molecule has 4 nitrogen and oxygen atoms in total. The molecule has 0 aliphatic carbocycles. The Morgan fingerprint density at radius 2 is 2.26 bits per heavy atom. The maximum atomic E-state index is 10.8. The van der Waals surface area contributed by atoms with Gasteiger partial charge >= 0.3 is 5.97 Å². The predicted molar refractivity (Wildman–Crippen MR) is 74.1 cm³/mol. The topological polar surface area (TPSA) is 49.8 Å². The minimum absolute atomic E-state index is 0.251. The summed E-state index contributed by atoms with van der Waals surface area (Å²) in [5.74, 6) is -0.372. The standard InChI is InChI=1S/C13H15Cl2NO3/c14-10-1-2-12(11(15)7-10)19-6-5-16-4-3-9(8-16)13(17)18/h1-2,7,9H,3-6,8H2,(H,17,18). The van der Waals surface area contributed by atoms with E-state index in [1.165, 1.54) is 0 Å². The third kappa shape index (κ3) is 4.00. The molecule has 1 saturated heterocycles. The number of ether oxygens (including phenoxy) is 1. The van der Waals surface area contributed by atoms with Crippen molar-refractivity contribution in [2.24, 2.45) is 5.92 Å². The van der Waals surface area contributed by atoms with Crippen molar-refractivity contribution >= 4 is 29.2 Å². The first kappa shape index (κ1) is 14.4. The van der Waals surface area contributed by atoms with Crippen LogP contribution in [-0.2, 0) is 4.79 Å². The zero-order chi connectivity index (χ0) is 13.8. The van der Waals surface area contributed by atoms with Crippen LogP contribution in [0.3, 0.4) is 0 Å². The molecule has 2 rings (SSSR count). The smallest absolute Gasteiger partial charge is 0.307 e. The van der Waals surface area contributed by atoms with E-state index in [0.29, 0.717) is 41.9 Å². The quantitative estimate of drug-likeness (QED) is 0.909. The minimum Gasteiger partial charge on any atom is -0.491 e. The van der Waals surface area contributed by atoms with Gasteiger partial charge in [-0.25, -0.2) is 0 Å². The van der Waals surface area contributed by atoms with E-state index in [4.69, 9.17) is 33.0 Å². The van der Waals surface area contributed by atoms with E-state index in [1.54, 1.807) is 18.2 Å². The van der Waals surface area contributed by atoms with Crippen molar-refractivity contribution in [2.45, 2.75) is 6.42 Å². The lowest BCUT2D eigenvalue weighted by Crippen LogP contribution is -2.27. The van der Waals surface area contributed by atoms with Crippen LogP contribution >= 0.6 is 23.2 Å². The maximum Gasteiger partial charge on any atom is 0.307 e. The molecule has 0 saturated carbocycles. The van der Waals surface area contributed by atoms with Gasteiger partial charge in [-0.1, -0.05) is 23.2 Å². The molecule has 104 valence electrons. The van der Waals surface area contributed by atoms with Gasteiger partial charge in [0, 0.05) is 18.1 Å². The predicted octanol–water partition coefficient (Wildman–Crippen LogP) is 2.78. The highest BCUT2D eigenvalue weighted by Gasteiger charge is 2.27. The molecule has 1 aliphatic heterocycles. The number of benzene rings is 1. The summed E-state index contributed by atoms with van der Waals surface area (Å²) in [6.07, 6.45) is 0.705. The van der Waals surface area contributed by atoms with Crippen molar-refractivity contribution in [2.75, 3.05) is 26.2 Å². The van der Waals surface area contributed by atoms with E-state index in [-0.39, 0.29) is 5.92 Å². The molecule has 0 spiro atoms. The van der Waals surface area contributed by atoms with Crippen LogP contribution < -0.4 is 4.74 Å². The fourth-order valence-electron chi connectivity index (χ4n) is 2.11. The van der Waals surface area contributed by atoms with Crippen LogP contribution in [0, 0.1) is 5.92 Å². The van der Waals surface area contributed by atoms with E-state index in [1.807, 2.05) is 0 Å². The molecule has 0 amide bonds. The summed E-state index contributed by atoms with van der Waals surface area (Å²) in [7, 11) is 0. The molecule has 0 radical (unpaired) electrons. The number of carbonyl (C=O) groups is 1. The summed E-state index contributed by atoms with van der Waals surface area (Å²) >= 11 is 11.8. The number of rotatable bonds is 5. The maximum absolute atomic E-state index is 10.8. The normalized spacial score (nSPS) is 19.6. The second-order valence-electron chi connectivity index (χ2n) is 4.55. The lowest BCUT2D eigenvalue weighted by atomic mass is 10.1. The number of likely N-dealkylation sites (tertiary alicyclic amines) is 1. The van der Waals surface area contributed by atoms with Gasteiger partial charge in [0.1, 0.15) is 12.4 Å². The van der Waals surface area contributed by atoms with Crippen molar-refractivity contribution in [3.05, 3.63) is 28.2 Å². The Morgan fingerprint density at radius 1 is 1.47 bits per heavy atom. The van der Waals surface area contributed by atoms with Gasteiger partial charge in [-0.15, -0.1) is 0 Å². The van der Waals surface area contributed by atoms with Crippen molar-refractivity contribution in [3.8, 4) is 5.75 Å². The van der Waals surface area contributed by atoms with Gasteiger partial charge in [0.15, 0.2) is 0 Å². The van der Waals surface area contributed by atoms with Gasteiger partial charge in [0.2, 0.25) is 0 Å². The van der Waals surface area contributed by atoms with Crippen molar-refractivity contribution in [3.63, 3.8) is 0 Å². The molecule has 1 aliphatic rings. The van der Waals surface area contributed by atoms with Gasteiger partial charge < -0.3 is 9.84 Å².